The first-order valence-corrected chi connectivity index (χ1v) is 4.66. The van der Waals surface area contributed by atoms with Gasteiger partial charge in [-0.3, -0.25) is 4.79 Å². The van der Waals surface area contributed by atoms with Crippen molar-refractivity contribution in [2.45, 2.75) is 13.8 Å². The van der Waals surface area contributed by atoms with E-state index in [2.05, 4.69) is 15.9 Å². The minimum Gasteiger partial charge on any atom is -0.294 e. The van der Waals surface area contributed by atoms with Crippen molar-refractivity contribution in [1.29, 1.82) is 0 Å². The summed E-state index contributed by atoms with van der Waals surface area (Å²) in [5.74, 6) is 0.0377. The Morgan fingerprint density at radius 3 is 2.58 bits per heavy atom. The lowest BCUT2D eigenvalue weighted by molar-refractivity contribution is 0.101. The van der Waals surface area contributed by atoms with Crippen LogP contribution in [0.1, 0.15) is 22.8 Å². The quantitative estimate of drug-likeness (QED) is 0.693. The summed E-state index contributed by atoms with van der Waals surface area (Å²) in [4.78, 5) is 11.1. The van der Waals surface area contributed by atoms with Crippen LogP contribution in [-0.4, -0.2) is 5.78 Å². The summed E-state index contributed by atoms with van der Waals surface area (Å²) < 4.78 is 0.875. The van der Waals surface area contributed by atoms with E-state index in [1.807, 2.05) is 6.92 Å². The third-order valence-electron chi connectivity index (χ3n) is 1.69. The van der Waals surface area contributed by atoms with E-state index in [0.29, 0.717) is 10.6 Å². The lowest BCUT2D eigenvalue weighted by atomic mass is 10.1. The first-order chi connectivity index (χ1) is 5.52. The summed E-state index contributed by atoms with van der Waals surface area (Å²) in [6.45, 7) is 3.42. The van der Waals surface area contributed by atoms with E-state index in [4.69, 9.17) is 11.6 Å². The summed E-state index contributed by atoms with van der Waals surface area (Å²) in [6.07, 6.45) is 0. The average molecular weight is 248 g/mol. The molecule has 0 heterocycles. The Labute approximate surface area is 84.9 Å². The van der Waals surface area contributed by atoms with Gasteiger partial charge in [-0.2, -0.15) is 0 Å². The highest BCUT2D eigenvalue weighted by atomic mass is 79.9. The van der Waals surface area contributed by atoms with E-state index < -0.39 is 0 Å². The molecule has 0 unspecified atom stereocenters. The molecule has 1 nitrogen and oxygen atoms in total. The molecule has 0 saturated heterocycles. The summed E-state index contributed by atoms with van der Waals surface area (Å²) in [5.41, 5.74) is 1.61. The first-order valence-electron chi connectivity index (χ1n) is 3.49. The van der Waals surface area contributed by atoms with Crippen molar-refractivity contribution in [2.24, 2.45) is 0 Å². The summed E-state index contributed by atoms with van der Waals surface area (Å²) in [6, 6.07) is 3.47. The maximum absolute atomic E-state index is 11.1. The van der Waals surface area contributed by atoms with E-state index in [9.17, 15) is 4.79 Å². The molecule has 12 heavy (non-hydrogen) atoms. The van der Waals surface area contributed by atoms with Gasteiger partial charge in [-0.05, 0) is 31.5 Å². The van der Waals surface area contributed by atoms with E-state index in [0.717, 1.165) is 10.0 Å². The smallest absolute Gasteiger partial charge is 0.160 e. The van der Waals surface area contributed by atoms with Crippen LogP contribution in [0.2, 0.25) is 5.02 Å². The van der Waals surface area contributed by atoms with Gasteiger partial charge in [0.2, 0.25) is 0 Å². The summed E-state index contributed by atoms with van der Waals surface area (Å²) in [5, 5.41) is 0.581. The van der Waals surface area contributed by atoms with Crippen LogP contribution in [0.25, 0.3) is 0 Å². The molecule has 0 aromatic heterocycles. The second-order valence-corrected chi connectivity index (χ2v) is 3.91. The standard InChI is InChI=1S/C9H8BrClO/c1-5-8(6(2)12)3-7(11)4-9(5)10/h3-4H,1-2H3. The van der Waals surface area contributed by atoms with Gasteiger partial charge in [-0.25, -0.2) is 0 Å². The highest BCUT2D eigenvalue weighted by Gasteiger charge is 2.07. The Hall–Kier alpha value is -0.340. The molecule has 0 saturated carbocycles. The largest absolute Gasteiger partial charge is 0.294 e. The van der Waals surface area contributed by atoms with E-state index in [1.54, 1.807) is 12.1 Å². The Balaban J connectivity index is 3.37. The number of carbonyl (C=O) groups is 1. The molecule has 0 fully saturated rings. The molecule has 0 radical (unpaired) electrons. The SMILES string of the molecule is CC(=O)c1cc(Cl)cc(Br)c1C. The molecule has 0 bridgehead atoms. The fourth-order valence-corrected chi connectivity index (χ4v) is 1.82. The molecule has 0 amide bonds. The van der Waals surface area contributed by atoms with Gasteiger partial charge in [0.15, 0.2) is 5.78 Å². The molecule has 0 aliphatic heterocycles. The molecular weight excluding hydrogens is 239 g/mol. The molecule has 0 spiro atoms. The van der Waals surface area contributed by atoms with Gasteiger partial charge in [0, 0.05) is 15.1 Å². The second kappa shape index (κ2) is 3.58. The average Bonchev–Trinajstić information content (AvgIpc) is 1.96. The molecule has 3 heteroatoms. The monoisotopic (exact) mass is 246 g/mol. The number of benzene rings is 1. The zero-order valence-electron chi connectivity index (χ0n) is 6.82. The molecule has 0 atom stereocenters. The van der Waals surface area contributed by atoms with Gasteiger partial charge in [0.05, 0.1) is 0 Å². The highest BCUT2D eigenvalue weighted by Crippen LogP contribution is 2.25. The van der Waals surface area contributed by atoms with Crippen LogP contribution in [0.3, 0.4) is 0 Å². The summed E-state index contributed by atoms with van der Waals surface area (Å²) >= 11 is 9.11. The topological polar surface area (TPSA) is 17.1 Å². The number of halogens is 2. The molecule has 0 N–H and O–H groups in total. The number of carbonyl (C=O) groups excluding carboxylic acids is 1. The number of hydrogen-bond donors (Lipinski definition) is 0. The van der Waals surface area contributed by atoms with E-state index in [1.165, 1.54) is 6.92 Å². The van der Waals surface area contributed by atoms with Crippen molar-refractivity contribution < 1.29 is 4.79 Å². The van der Waals surface area contributed by atoms with Gasteiger partial charge in [-0.15, -0.1) is 0 Å². The van der Waals surface area contributed by atoms with Crippen molar-refractivity contribution in [3.8, 4) is 0 Å². The van der Waals surface area contributed by atoms with Gasteiger partial charge in [0.1, 0.15) is 0 Å². The third-order valence-corrected chi connectivity index (χ3v) is 2.73. The molecular formula is C9H8BrClO. The maximum Gasteiger partial charge on any atom is 0.160 e. The zero-order valence-corrected chi connectivity index (χ0v) is 9.16. The summed E-state index contributed by atoms with van der Waals surface area (Å²) in [7, 11) is 0. The minimum atomic E-state index is 0.0377. The van der Waals surface area contributed by atoms with Crippen molar-refractivity contribution >= 4 is 33.3 Å². The van der Waals surface area contributed by atoms with Crippen LogP contribution >= 0.6 is 27.5 Å². The first kappa shape index (κ1) is 9.75. The number of hydrogen-bond acceptors (Lipinski definition) is 1. The van der Waals surface area contributed by atoms with Crippen LogP contribution < -0.4 is 0 Å². The van der Waals surface area contributed by atoms with Gasteiger partial charge in [-0.1, -0.05) is 27.5 Å². The highest BCUT2D eigenvalue weighted by molar-refractivity contribution is 9.10. The lowest BCUT2D eigenvalue weighted by Gasteiger charge is -2.04. The second-order valence-electron chi connectivity index (χ2n) is 2.62. The third kappa shape index (κ3) is 1.87. The molecule has 64 valence electrons. The Bertz CT molecular complexity index is 334. The number of rotatable bonds is 1. The zero-order chi connectivity index (χ0) is 9.30. The van der Waals surface area contributed by atoms with Crippen LogP contribution in [0.5, 0.6) is 0 Å². The lowest BCUT2D eigenvalue weighted by Crippen LogP contribution is -1.96. The van der Waals surface area contributed by atoms with Crippen molar-refractivity contribution in [3.63, 3.8) is 0 Å². The predicted molar refractivity (Wildman–Crippen MR) is 53.9 cm³/mol. The predicted octanol–water partition coefficient (Wildman–Crippen LogP) is 3.61. The van der Waals surface area contributed by atoms with Gasteiger partial charge >= 0.3 is 0 Å². The fraction of sp³-hybridized carbons (Fsp3) is 0.222. The van der Waals surface area contributed by atoms with Crippen LogP contribution in [0.15, 0.2) is 16.6 Å². The van der Waals surface area contributed by atoms with E-state index >= 15 is 0 Å². The van der Waals surface area contributed by atoms with Crippen LogP contribution in [-0.2, 0) is 0 Å². The van der Waals surface area contributed by atoms with Crippen molar-refractivity contribution in [1.82, 2.24) is 0 Å². The fourth-order valence-electron chi connectivity index (χ4n) is 1.01. The number of ketones is 1. The number of Topliss-reactive ketones (excluding diaryl/α,β-unsaturated/α-hetero) is 1. The van der Waals surface area contributed by atoms with Gasteiger partial charge < -0.3 is 0 Å². The van der Waals surface area contributed by atoms with Gasteiger partial charge in [0.25, 0.3) is 0 Å². The van der Waals surface area contributed by atoms with Crippen molar-refractivity contribution in [2.75, 3.05) is 0 Å². The van der Waals surface area contributed by atoms with Crippen LogP contribution in [0, 0.1) is 6.92 Å². The Morgan fingerprint density at radius 2 is 2.08 bits per heavy atom. The maximum atomic E-state index is 11.1. The van der Waals surface area contributed by atoms with E-state index in [-0.39, 0.29) is 5.78 Å². The Kier molecular flexibility index (Phi) is 2.91. The van der Waals surface area contributed by atoms with Crippen LogP contribution in [0.4, 0.5) is 0 Å². The normalized spacial score (nSPS) is 10.0. The molecule has 1 aromatic carbocycles. The molecule has 0 aliphatic rings. The molecule has 0 aliphatic carbocycles. The molecule has 1 rings (SSSR count). The Morgan fingerprint density at radius 1 is 1.50 bits per heavy atom. The minimum absolute atomic E-state index is 0.0377. The molecule has 1 aromatic rings. The van der Waals surface area contributed by atoms with Crippen molar-refractivity contribution in [3.05, 3.63) is 32.8 Å².